The van der Waals surface area contributed by atoms with Crippen molar-refractivity contribution >= 4 is 16.9 Å². The SMILES string of the molecule is O=C(O)c1nn(CC2CCNC2)c2cc(F)ccc12. The van der Waals surface area contributed by atoms with Crippen molar-refractivity contribution in [3.05, 3.63) is 29.7 Å². The molecule has 2 aromatic rings. The van der Waals surface area contributed by atoms with Gasteiger partial charge in [0.2, 0.25) is 0 Å². The Morgan fingerprint density at radius 2 is 2.42 bits per heavy atom. The first kappa shape index (κ1) is 12.1. The second-order valence-corrected chi connectivity index (χ2v) is 4.86. The maximum atomic E-state index is 13.3. The van der Waals surface area contributed by atoms with E-state index in [1.54, 1.807) is 4.68 Å². The van der Waals surface area contributed by atoms with E-state index in [9.17, 15) is 9.18 Å². The largest absolute Gasteiger partial charge is 0.476 e. The zero-order valence-corrected chi connectivity index (χ0v) is 10.3. The number of benzene rings is 1. The Labute approximate surface area is 109 Å². The van der Waals surface area contributed by atoms with Crippen LogP contribution in [0.1, 0.15) is 16.9 Å². The summed E-state index contributed by atoms with van der Waals surface area (Å²) in [6, 6.07) is 4.08. The Morgan fingerprint density at radius 3 is 3.11 bits per heavy atom. The molecule has 1 unspecified atom stereocenters. The Bertz CT molecular complexity index is 632. The second kappa shape index (κ2) is 4.62. The molecule has 1 aliphatic rings. The van der Waals surface area contributed by atoms with Crippen LogP contribution < -0.4 is 5.32 Å². The molecule has 0 radical (unpaired) electrons. The van der Waals surface area contributed by atoms with Gasteiger partial charge in [-0.15, -0.1) is 0 Å². The van der Waals surface area contributed by atoms with E-state index >= 15 is 0 Å². The van der Waals surface area contributed by atoms with Crippen molar-refractivity contribution in [2.75, 3.05) is 13.1 Å². The predicted octanol–water partition coefficient (Wildman–Crippen LogP) is 1.48. The zero-order valence-electron chi connectivity index (χ0n) is 10.3. The van der Waals surface area contributed by atoms with Gasteiger partial charge in [-0.25, -0.2) is 9.18 Å². The minimum atomic E-state index is -1.08. The monoisotopic (exact) mass is 263 g/mol. The lowest BCUT2D eigenvalue weighted by Crippen LogP contribution is -2.15. The van der Waals surface area contributed by atoms with E-state index in [0.717, 1.165) is 19.5 Å². The molecule has 0 aliphatic carbocycles. The van der Waals surface area contributed by atoms with Crippen LogP contribution in [0.25, 0.3) is 10.9 Å². The fourth-order valence-electron chi connectivity index (χ4n) is 2.56. The lowest BCUT2D eigenvalue weighted by Gasteiger charge is -2.09. The van der Waals surface area contributed by atoms with Crippen LogP contribution >= 0.6 is 0 Å². The van der Waals surface area contributed by atoms with Crippen LogP contribution in [0.15, 0.2) is 18.2 Å². The summed E-state index contributed by atoms with van der Waals surface area (Å²) in [6.45, 7) is 2.46. The van der Waals surface area contributed by atoms with E-state index in [-0.39, 0.29) is 11.5 Å². The third kappa shape index (κ3) is 2.19. The average molecular weight is 263 g/mol. The molecule has 2 heterocycles. The number of carboxylic acids is 1. The van der Waals surface area contributed by atoms with E-state index < -0.39 is 5.97 Å². The molecule has 0 spiro atoms. The summed E-state index contributed by atoms with van der Waals surface area (Å²) in [5.74, 6) is -1.05. The highest BCUT2D eigenvalue weighted by atomic mass is 19.1. The molecule has 19 heavy (non-hydrogen) atoms. The molecule has 1 fully saturated rings. The first-order chi connectivity index (χ1) is 9.15. The third-order valence-electron chi connectivity index (χ3n) is 3.51. The molecule has 0 saturated carbocycles. The van der Waals surface area contributed by atoms with Crippen molar-refractivity contribution in [1.82, 2.24) is 15.1 Å². The van der Waals surface area contributed by atoms with Crippen molar-refractivity contribution in [2.45, 2.75) is 13.0 Å². The van der Waals surface area contributed by atoms with Crippen LogP contribution in [-0.4, -0.2) is 33.9 Å². The molecule has 6 heteroatoms. The number of hydrogen-bond acceptors (Lipinski definition) is 3. The van der Waals surface area contributed by atoms with Gasteiger partial charge in [-0.1, -0.05) is 0 Å². The topological polar surface area (TPSA) is 67.1 Å². The van der Waals surface area contributed by atoms with Crippen molar-refractivity contribution in [3.8, 4) is 0 Å². The molecule has 1 atom stereocenters. The van der Waals surface area contributed by atoms with E-state index in [1.165, 1.54) is 18.2 Å². The number of nitrogens with one attached hydrogen (secondary N) is 1. The van der Waals surface area contributed by atoms with E-state index in [0.29, 0.717) is 23.4 Å². The van der Waals surface area contributed by atoms with Crippen LogP contribution in [-0.2, 0) is 6.54 Å². The third-order valence-corrected chi connectivity index (χ3v) is 3.51. The summed E-state index contributed by atoms with van der Waals surface area (Å²) in [5.41, 5.74) is 0.533. The highest BCUT2D eigenvalue weighted by Gasteiger charge is 2.20. The van der Waals surface area contributed by atoms with Crippen molar-refractivity contribution in [1.29, 1.82) is 0 Å². The van der Waals surface area contributed by atoms with E-state index in [4.69, 9.17) is 5.11 Å². The zero-order chi connectivity index (χ0) is 13.4. The summed E-state index contributed by atoms with van der Waals surface area (Å²) < 4.78 is 15.0. The molecule has 3 rings (SSSR count). The van der Waals surface area contributed by atoms with Gasteiger partial charge in [0.25, 0.3) is 0 Å². The summed E-state index contributed by atoms with van der Waals surface area (Å²) in [4.78, 5) is 11.2. The predicted molar refractivity (Wildman–Crippen MR) is 67.6 cm³/mol. The number of rotatable bonds is 3. The minimum Gasteiger partial charge on any atom is -0.476 e. The van der Waals surface area contributed by atoms with Crippen LogP contribution in [0.5, 0.6) is 0 Å². The van der Waals surface area contributed by atoms with Gasteiger partial charge in [0.05, 0.1) is 5.52 Å². The van der Waals surface area contributed by atoms with Crippen molar-refractivity contribution in [2.24, 2.45) is 5.92 Å². The Hall–Kier alpha value is -1.95. The number of fused-ring (bicyclic) bond motifs is 1. The fraction of sp³-hybridized carbons (Fsp3) is 0.385. The number of halogens is 1. The van der Waals surface area contributed by atoms with Gasteiger partial charge in [-0.2, -0.15) is 5.10 Å². The van der Waals surface area contributed by atoms with E-state index in [2.05, 4.69) is 10.4 Å². The van der Waals surface area contributed by atoms with Crippen molar-refractivity contribution in [3.63, 3.8) is 0 Å². The molecule has 1 aromatic carbocycles. The van der Waals surface area contributed by atoms with Crippen LogP contribution in [0.2, 0.25) is 0 Å². The molecule has 0 bridgehead atoms. The lowest BCUT2D eigenvalue weighted by molar-refractivity contribution is 0.0691. The van der Waals surface area contributed by atoms with Gasteiger partial charge in [0, 0.05) is 11.9 Å². The summed E-state index contributed by atoms with van der Waals surface area (Å²) in [5, 5.41) is 17.0. The maximum absolute atomic E-state index is 13.3. The summed E-state index contributed by atoms with van der Waals surface area (Å²) in [6.07, 6.45) is 1.03. The second-order valence-electron chi connectivity index (χ2n) is 4.86. The first-order valence-electron chi connectivity index (χ1n) is 6.25. The molecule has 0 amide bonds. The Morgan fingerprint density at radius 1 is 1.58 bits per heavy atom. The van der Waals surface area contributed by atoms with Gasteiger partial charge in [-0.05, 0) is 43.6 Å². The summed E-state index contributed by atoms with van der Waals surface area (Å²) in [7, 11) is 0. The standard InChI is InChI=1S/C13H14FN3O2/c14-9-1-2-10-11(5-9)17(16-12(10)13(18)19)7-8-3-4-15-6-8/h1-2,5,8,15H,3-4,6-7H2,(H,18,19). The molecule has 1 saturated heterocycles. The maximum Gasteiger partial charge on any atom is 0.357 e. The highest BCUT2D eigenvalue weighted by Crippen LogP contribution is 2.22. The van der Waals surface area contributed by atoms with Gasteiger partial charge in [-0.3, -0.25) is 4.68 Å². The Balaban J connectivity index is 2.06. The molecular weight excluding hydrogens is 249 g/mol. The van der Waals surface area contributed by atoms with Gasteiger partial charge < -0.3 is 10.4 Å². The normalized spacial score (nSPS) is 19.1. The van der Waals surface area contributed by atoms with Gasteiger partial charge in [0.1, 0.15) is 5.82 Å². The smallest absolute Gasteiger partial charge is 0.357 e. The number of carbonyl (C=O) groups is 1. The van der Waals surface area contributed by atoms with Gasteiger partial charge >= 0.3 is 5.97 Å². The molecular formula is C13H14FN3O2. The number of aromatic nitrogens is 2. The van der Waals surface area contributed by atoms with Crippen LogP contribution in [0.4, 0.5) is 4.39 Å². The number of nitrogens with zero attached hydrogens (tertiary/aromatic N) is 2. The minimum absolute atomic E-state index is 0.0130. The first-order valence-corrected chi connectivity index (χ1v) is 6.25. The number of carboxylic acid groups (broad SMARTS) is 1. The quantitative estimate of drug-likeness (QED) is 0.880. The van der Waals surface area contributed by atoms with Gasteiger partial charge in [0.15, 0.2) is 5.69 Å². The molecule has 1 aromatic heterocycles. The molecule has 5 nitrogen and oxygen atoms in total. The van der Waals surface area contributed by atoms with Crippen LogP contribution in [0, 0.1) is 11.7 Å². The fourth-order valence-corrected chi connectivity index (χ4v) is 2.56. The Kier molecular flexibility index (Phi) is 2.94. The van der Waals surface area contributed by atoms with Crippen molar-refractivity contribution < 1.29 is 14.3 Å². The van der Waals surface area contributed by atoms with Crippen LogP contribution in [0.3, 0.4) is 0 Å². The molecule has 1 aliphatic heterocycles. The highest BCUT2D eigenvalue weighted by molar-refractivity contribution is 6.01. The molecule has 2 N–H and O–H groups in total. The molecule has 100 valence electrons. The lowest BCUT2D eigenvalue weighted by atomic mass is 10.1. The average Bonchev–Trinajstić information content (AvgIpc) is 2.98. The van der Waals surface area contributed by atoms with E-state index in [1.807, 2.05) is 0 Å². The number of hydrogen-bond donors (Lipinski definition) is 2. The number of aromatic carboxylic acids is 1. The summed E-state index contributed by atoms with van der Waals surface area (Å²) >= 11 is 0.